The zero-order valence-corrected chi connectivity index (χ0v) is 6.17. The number of aldehydes is 1. The Kier molecular flexibility index (Phi) is 5.63. The van der Waals surface area contributed by atoms with Crippen LogP contribution in [0, 0.1) is 0 Å². The number of hydrogen-bond acceptors (Lipinski definition) is 2. The van der Waals surface area contributed by atoms with Gasteiger partial charge in [-0.3, -0.25) is 9.59 Å². The molecule has 0 aromatic rings. The van der Waals surface area contributed by atoms with E-state index in [9.17, 15) is 9.59 Å². The van der Waals surface area contributed by atoms with Gasteiger partial charge in [0, 0.05) is 6.42 Å². The van der Waals surface area contributed by atoms with E-state index in [2.05, 4.69) is 0 Å². The van der Waals surface area contributed by atoms with Crippen molar-refractivity contribution in [3.8, 4) is 0 Å². The van der Waals surface area contributed by atoms with Crippen molar-refractivity contribution >= 4 is 12.1 Å². The largest absolute Gasteiger partial charge is 0.299 e. The molecule has 0 atom stereocenters. The van der Waals surface area contributed by atoms with Gasteiger partial charge in [0.25, 0.3) is 0 Å². The molecule has 0 fully saturated rings. The predicted octanol–water partition coefficient (Wildman–Crippen LogP) is 1.50. The minimum atomic E-state index is 0.0361. The Balaban J connectivity index is 3.43. The Morgan fingerprint density at radius 2 is 2.20 bits per heavy atom. The Hall–Kier alpha value is -0.920. The molecular weight excluding hydrogens is 128 g/mol. The van der Waals surface area contributed by atoms with Gasteiger partial charge in [-0.1, -0.05) is 13.3 Å². The number of rotatable bonds is 5. The lowest BCUT2D eigenvalue weighted by molar-refractivity contribution is -0.115. The monoisotopic (exact) mass is 140 g/mol. The Morgan fingerprint density at radius 3 is 2.70 bits per heavy atom. The molecular formula is C8H12O2. The number of hydrogen-bond donors (Lipinski definition) is 0. The van der Waals surface area contributed by atoms with E-state index in [-0.39, 0.29) is 5.78 Å². The van der Waals surface area contributed by atoms with E-state index in [1.165, 1.54) is 12.2 Å². The van der Waals surface area contributed by atoms with E-state index in [0.717, 1.165) is 12.8 Å². The van der Waals surface area contributed by atoms with Crippen LogP contribution in [-0.4, -0.2) is 12.1 Å². The molecule has 0 rings (SSSR count). The molecule has 0 unspecified atom stereocenters. The third-order valence-corrected chi connectivity index (χ3v) is 1.14. The number of carbonyl (C=O) groups is 2. The standard InChI is InChI=1S/C8H12O2/c1-2-3-5-8(10)6-4-7-9/h4,6-7H,2-3,5H2,1H3. The fourth-order valence-corrected chi connectivity index (χ4v) is 0.581. The van der Waals surface area contributed by atoms with Gasteiger partial charge >= 0.3 is 0 Å². The lowest BCUT2D eigenvalue weighted by Gasteiger charge is -1.88. The lowest BCUT2D eigenvalue weighted by atomic mass is 10.2. The van der Waals surface area contributed by atoms with Gasteiger partial charge in [-0.05, 0) is 18.6 Å². The first-order valence-electron chi connectivity index (χ1n) is 3.46. The summed E-state index contributed by atoms with van der Waals surface area (Å²) < 4.78 is 0. The third-order valence-electron chi connectivity index (χ3n) is 1.14. The maximum atomic E-state index is 10.7. The summed E-state index contributed by atoms with van der Waals surface area (Å²) in [6.07, 6.45) is 5.65. The molecule has 0 amide bonds. The zero-order valence-electron chi connectivity index (χ0n) is 6.17. The summed E-state index contributed by atoms with van der Waals surface area (Å²) in [5.74, 6) is 0.0361. The van der Waals surface area contributed by atoms with E-state index in [0.29, 0.717) is 12.7 Å². The molecule has 0 bridgehead atoms. The van der Waals surface area contributed by atoms with Crippen LogP contribution >= 0.6 is 0 Å². The minimum absolute atomic E-state index is 0.0361. The number of allylic oxidation sites excluding steroid dienone is 2. The van der Waals surface area contributed by atoms with Crippen molar-refractivity contribution in [2.24, 2.45) is 0 Å². The average molecular weight is 140 g/mol. The maximum absolute atomic E-state index is 10.7. The second-order valence-corrected chi connectivity index (χ2v) is 2.07. The van der Waals surface area contributed by atoms with Crippen LogP contribution in [0.4, 0.5) is 0 Å². The molecule has 2 heteroatoms. The minimum Gasteiger partial charge on any atom is -0.299 e. The Bertz CT molecular complexity index is 136. The molecule has 56 valence electrons. The van der Waals surface area contributed by atoms with Gasteiger partial charge in [0.2, 0.25) is 0 Å². The Labute approximate surface area is 60.9 Å². The van der Waals surface area contributed by atoms with Crippen molar-refractivity contribution < 1.29 is 9.59 Å². The second-order valence-electron chi connectivity index (χ2n) is 2.07. The summed E-state index contributed by atoms with van der Waals surface area (Å²) >= 11 is 0. The van der Waals surface area contributed by atoms with Crippen LogP contribution < -0.4 is 0 Å². The van der Waals surface area contributed by atoms with Crippen molar-refractivity contribution in [2.45, 2.75) is 26.2 Å². The van der Waals surface area contributed by atoms with Crippen LogP contribution in [0.25, 0.3) is 0 Å². The highest BCUT2D eigenvalue weighted by Gasteiger charge is 1.92. The van der Waals surface area contributed by atoms with Crippen LogP contribution in [0.5, 0.6) is 0 Å². The van der Waals surface area contributed by atoms with E-state index < -0.39 is 0 Å². The summed E-state index contributed by atoms with van der Waals surface area (Å²) in [6, 6.07) is 0. The van der Waals surface area contributed by atoms with Crippen molar-refractivity contribution in [3.63, 3.8) is 0 Å². The van der Waals surface area contributed by atoms with Crippen molar-refractivity contribution in [3.05, 3.63) is 12.2 Å². The van der Waals surface area contributed by atoms with Crippen LogP contribution in [-0.2, 0) is 9.59 Å². The molecule has 0 aliphatic rings. The molecule has 0 aliphatic carbocycles. The molecule has 0 aliphatic heterocycles. The van der Waals surface area contributed by atoms with E-state index in [4.69, 9.17) is 0 Å². The first-order chi connectivity index (χ1) is 4.81. The quantitative estimate of drug-likeness (QED) is 0.428. The van der Waals surface area contributed by atoms with Gasteiger partial charge in [-0.25, -0.2) is 0 Å². The van der Waals surface area contributed by atoms with E-state index >= 15 is 0 Å². The van der Waals surface area contributed by atoms with Crippen molar-refractivity contribution in [1.29, 1.82) is 0 Å². The molecule has 0 saturated heterocycles. The third kappa shape index (κ3) is 5.22. The van der Waals surface area contributed by atoms with Gasteiger partial charge in [0.15, 0.2) is 5.78 Å². The van der Waals surface area contributed by atoms with Crippen LogP contribution in [0.3, 0.4) is 0 Å². The van der Waals surface area contributed by atoms with E-state index in [1.807, 2.05) is 6.92 Å². The molecule has 10 heavy (non-hydrogen) atoms. The second kappa shape index (κ2) is 6.20. The average Bonchev–Trinajstić information content (AvgIpc) is 1.97. The predicted molar refractivity (Wildman–Crippen MR) is 39.7 cm³/mol. The normalized spacial score (nSPS) is 10.1. The Morgan fingerprint density at radius 1 is 1.50 bits per heavy atom. The highest BCUT2D eigenvalue weighted by atomic mass is 16.1. The molecule has 0 aromatic carbocycles. The number of unbranched alkanes of at least 4 members (excludes halogenated alkanes) is 1. The summed E-state index contributed by atoms with van der Waals surface area (Å²) in [6.45, 7) is 2.02. The maximum Gasteiger partial charge on any atom is 0.155 e. The summed E-state index contributed by atoms with van der Waals surface area (Å²) in [4.78, 5) is 20.5. The van der Waals surface area contributed by atoms with Gasteiger partial charge in [-0.15, -0.1) is 0 Å². The lowest BCUT2D eigenvalue weighted by Crippen LogP contribution is -1.90. The zero-order chi connectivity index (χ0) is 7.82. The van der Waals surface area contributed by atoms with Gasteiger partial charge in [0.05, 0.1) is 0 Å². The SMILES string of the molecule is CCCCC(=O)C=CC=O. The van der Waals surface area contributed by atoms with Crippen molar-refractivity contribution in [1.82, 2.24) is 0 Å². The summed E-state index contributed by atoms with van der Waals surface area (Å²) in [7, 11) is 0. The van der Waals surface area contributed by atoms with Crippen LogP contribution in [0.15, 0.2) is 12.2 Å². The van der Waals surface area contributed by atoms with Gasteiger partial charge in [-0.2, -0.15) is 0 Å². The fourth-order valence-electron chi connectivity index (χ4n) is 0.581. The van der Waals surface area contributed by atoms with E-state index in [1.54, 1.807) is 0 Å². The van der Waals surface area contributed by atoms with Crippen LogP contribution in [0.1, 0.15) is 26.2 Å². The molecule has 0 radical (unpaired) electrons. The first kappa shape index (κ1) is 9.08. The molecule has 0 aromatic heterocycles. The van der Waals surface area contributed by atoms with Gasteiger partial charge < -0.3 is 0 Å². The topological polar surface area (TPSA) is 34.1 Å². The summed E-state index contributed by atoms with van der Waals surface area (Å²) in [5.41, 5.74) is 0. The molecule has 0 spiro atoms. The first-order valence-corrected chi connectivity index (χ1v) is 3.46. The van der Waals surface area contributed by atoms with Crippen molar-refractivity contribution in [2.75, 3.05) is 0 Å². The molecule has 0 saturated carbocycles. The highest BCUT2D eigenvalue weighted by Crippen LogP contribution is 1.95. The summed E-state index contributed by atoms with van der Waals surface area (Å²) in [5, 5.41) is 0. The van der Waals surface area contributed by atoms with Gasteiger partial charge in [0.1, 0.15) is 6.29 Å². The smallest absolute Gasteiger partial charge is 0.155 e. The number of carbonyl (C=O) groups excluding carboxylic acids is 2. The molecule has 0 heterocycles. The highest BCUT2D eigenvalue weighted by molar-refractivity contribution is 5.92. The molecule has 2 nitrogen and oxygen atoms in total. The van der Waals surface area contributed by atoms with Crippen LogP contribution in [0.2, 0.25) is 0 Å². The number of ketones is 1. The fraction of sp³-hybridized carbons (Fsp3) is 0.500. The molecule has 0 N–H and O–H groups in total.